The molecule has 1 heterocycles. The first-order valence-electron chi connectivity index (χ1n) is 7.64. The maximum Gasteiger partial charge on any atom is 1.00 e. The molecule has 0 unspecified atom stereocenters. The second-order valence-electron chi connectivity index (χ2n) is 5.42. The Kier molecular flexibility index (Phi) is 16.7. The molecule has 0 aliphatic rings. The molecule has 0 bridgehead atoms. The Labute approximate surface area is 281 Å². The van der Waals surface area contributed by atoms with Gasteiger partial charge in [-0.1, -0.05) is 6.07 Å². The second-order valence-corrected chi connectivity index (χ2v) is 8.68. The van der Waals surface area contributed by atoms with E-state index in [9.17, 15) is 43.9 Å². The van der Waals surface area contributed by atoms with Crippen molar-refractivity contribution >= 4 is 53.5 Å². The molecule has 174 valence electrons. The summed E-state index contributed by atoms with van der Waals surface area (Å²) in [5.74, 6) is 0. The standard InChI is InChI=1S/C10H9NO6S2.C3F3N3.C2H3ClO.2K/c11-7-1-2-9-6(3-7)4-8(18(12,13)14)5-10(9)19(15,16)17;4-1-7-2(5)9-3(6)8-1;1-2(3)4;;/h1-5H,11H2,(H,12,13,14)(H,15,16,17);;1H3;;/q;;;2*+1/p-2. The first-order chi connectivity index (χ1) is 14.5. The Hall–Kier alpha value is 0.353. The van der Waals surface area contributed by atoms with Gasteiger partial charge in [0.05, 0.1) is 9.79 Å². The van der Waals surface area contributed by atoms with Crippen LogP contribution >= 0.6 is 11.6 Å². The fourth-order valence-corrected chi connectivity index (χ4v) is 3.32. The Morgan fingerprint density at radius 2 is 1.29 bits per heavy atom. The van der Waals surface area contributed by atoms with Crippen LogP contribution in [0.1, 0.15) is 6.92 Å². The maximum atomic E-state index is 11.7. The fraction of sp³-hybridized carbons (Fsp3) is 0.0667. The molecule has 3 rings (SSSR count). The van der Waals surface area contributed by atoms with Crippen molar-refractivity contribution in [3.8, 4) is 0 Å². The van der Waals surface area contributed by atoms with E-state index in [1.807, 2.05) is 0 Å². The molecule has 2 aromatic carbocycles. The Morgan fingerprint density at radius 3 is 1.65 bits per heavy atom. The van der Waals surface area contributed by atoms with Gasteiger partial charge in [0.1, 0.15) is 20.2 Å². The number of halogens is 4. The van der Waals surface area contributed by atoms with Crippen LogP contribution < -0.4 is 109 Å². The van der Waals surface area contributed by atoms with Crippen LogP contribution in [0, 0.1) is 18.2 Å². The number of hydrogen-bond donors (Lipinski definition) is 1. The van der Waals surface area contributed by atoms with Gasteiger partial charge in [0.2, 0.25) is 5.24 Å². The molecule has 3 aromatic rings. The summed E-state index contributed by atoms with van der Waals surface area (Å²) in [5.41, 5.74) is 5.73. The van der Waals surface area contributed by atoms with Crippen molar-refractivity contribution in [1.29, 1.82) is 0 Å². The Bertz CT molecular complexity index is 1330. The normalized spacial score (nSPS) is 10.4. The van der Waals surface area contributed by atoms with Crippen molar-refractivity contribution < 1.29 is 147 Å². The third-order valence-corrected chi connectivity index (χ3v) is 4.71. The van der Waals surface area contributed by atoms with E-state index < -0.39 is 48.3 Å². The quantitative estimate of drug-likeness (QED) is 0.130. The molecule has 0 radical (unpaired) electrons. The van der Waals surface area contributed by atoms with Crippen LogP contribution in [-0.4, -0.2) is 46.1 Å². The minimum atomic E-state index is -4.92. The van der Waals surface area contributed by atoms with Crippen molar-refractivity contribution in [2.45, 2.75) is 16.7 Å². The molecule has 0 saturated carbocycles. The van der Waals surface area contributed by atoms with Gasteiger partial charge in [-0.2, -0.15) is 28.1 Å². The third-order valence-electron chi connectivity index (χ3n) is 3.02. The van der Waals surface area contributed by atoms with Gasteiger partial charge in [-0.05, 0) is 46.6 Å². The van der Waals surface area contributed by atoms with Gasteiger partial charge in [0.25, 0.3) is 0 Å². The SMILES string of the molecule is CC(=O)Cl.Fc1nc(F)nc(F)n1.Nc1ccc2c(S(=O)(=O)[O-])cc(S(=O)(=O)[O-])cc2c1.[K+].[K+]. The number of nitrogen functional groups attached to an aromatic ring is 1. The zero-order valence-electron chi connectivity index (χ0n) is 17.5. The number of fused-ring (bicyclic) bond motifs is 1. The molecule has 2 N–H and O–H groups in total. The fourth-order valence-electron chi connectivity index (χ4n) is 1.98. The Morgan fingerprint density at radius 1 is 0.882 bits per heavy atom. The first kappa shape index (κ1) is 36.5. The summed E-state index contributed by atoms with van der Waals surface area (Å²) < 4.78 is 101. The van der Waals surface area contributed by atoms with Crippen LogP contribution in [-0.2, 0) is 25.0 Å². The van der Waals surface area contributed by atoms with Gasteiger partial charge in [0.15, 0.2) is 0 Å². The molecular weight excluding hydrogens is 583 g/mol. The molecular formula is C15H10ClF3K2N4O7S2. The first-order valence-corrected chi connectivity index (χ1v) is 10.8. The third kappa shape index (κ3) is 13.1. The summed E-state index contributed by atoms with van der Waals surface area (Å²) in [6, 6.07) is 5.45. The predicted octanol–water partition coefficient (Wildman–Crippen LogP) is -4.70. The molecule has 0 atom stereocenters. The summed E-state index contributed by atoms with van der Waals surface area (Å²) in [6.45, 7) is 1.29. The minimum absolute atomic E-state index is 0. The van der Waals surface area contributed by atoms with E-state index in [1.165, 1.54) is 25.1 Å². The van der Waals surface area contributed by atoms with Crippen molar-refractivity contribution in [2.24, 2.45) is 0 Å². The summed E-state index contributed by atoms with van der Waals surface area (Å²) in [7, 11) is -9.80. The number of anilines is 1. The molecule has 0 amide bonds. The minimum Gasteiger partial charge on any atom is -0.744 e. The van der Waals surface area contributed by atoms with E-state index in [0.29, 0.717) is 6.07 Å². The van der Waals surface area contributed by atoms with E-state index >= 15 is 0 Å². The molecule has 0 aliphatic carbocycles. The number of nitrogens with two attached hydrogens (primary N) is 1. The number of benzene rings is 2. The van der Waals surface area contributed by atoms with E-state index in [1.54, 1.807) is 0 Å². The van der Waals surface area contributed by atoms with Crippen molar-refractivity contribution in [2.75, 3.05) is 5.73 Å². The summed E-state index contributed by atoms with van der Waals surface area (Å²) >= 11 is 4.64. The molecule has 11 nitrogen and oxygen atoms in total. The second kappa shape index (κ2) is 15.6. The average Bonchev–Trinajstić information content (AvgIpc) is 2.57. The summed E-state index contributed by atoms with van der Waals surface area (Å²) in [5, 5.41) is -0.261. The van der Waals surface area contributed by atoms with Crippen LogP contribution in [0.25, 0.3) is 10.8 Å². The van der Waals surface area contributed by atoms with Crippen molar-refractivity contribution in [3.05, 3.63) is 48.6 Å². The van der Waals surface area contributed by atoms with Crippen molar-refractivity contribution in [3.63, 3.8) is 0 Å². The molecule has 0 saturated heterocycles. The molecule has 0 fully saturated rings. The molecule has 0 aliphatic heterocycles. The molecule has 1 aromatic heterocycles. The number of hydrogen-bond acceptors (Lipinski definition) is 11. The number of nitrogens with zero attached hydrogens (tertiary/aromatic N) is 3. The summed E-state index contributed by atoms with van der Waals surface area (Å²) in [6.07, 6.45) is -4.38. The number of rotatable bonds is 2. The molecule has 19 heteroatoms. The van der Waals surface area contributed by atoms with E-state index in [-0.39, 0.29) is 124 Å². The van der Waals surface area contributed by atoms with Gasteiger partial charge in [0, 0.05) is 12.6 Å². The topological polar surface area (TPSA) is 196 Å². The number of carbonyl (C=O) groups is 1. The van der Waals surface area contributed by atoms with Crippen LogP contribution in [0.15, 0.2) is 40.1 Å². The zero-order valence-corrected chi connectivity index (χ0v) is 26.1. The Balaban J connectivity index is 0. The average molecular weight is 593 g/mol. The van der Waals surface area contributed by atoms with Gasteiger partial charge < -0.3 is 14.8 Å². The largest absolute Gasteiger partial charge is 1.00 e. The predicted molar refractivity (Wildman–Crippen MR) is 101 cm³/mol. The van der Waals surface area contributed by atoms with Crippen LogP contribution in [0.3, 0.4) is 0 Å². The van der Waals surface area contributed by atoms with Gasteiger partial charge in [-0.15, -0.1) is 0 Å². The smallest absolute Gasteiger partial charge is 0.744 e. The molecule has 34 heavy (non-hydrogen) atoms. The van der Waals surface area contributed by atoms with Crippen LogP contribution in [0.5, 0.6) is 0 Å². The van der Waals surface area contributed by atoms with Crippen molar-refractivity contribution in [1.82, 2.24) is 15.0 Å². The van der Waals surface area contributed by atoms with Gasteiger partial charge in [-0.3, -0.25) is 4.79 Å². The van der Waals surface area contributed by atoms with E-state index in [4.69, 9.17) is 5.73 Å². The van der Waals surface area contributed by atoms with Crippen LogP contribution in [0.2, 0.25) is 0 Å². The van der Waals surface area contributed by atoms with Gasteiger partial charge >= 0.3 is 121 Å². The van der Waals surface area contributed by atoms with Crippen LogP contribution in [0.4, 0.5) is 18.9 Å². The number of carbonyl (C=O) groups excluding carboxylic acids is 1. The van der Waals surface area contributed by atoms with E-state index in [0.717, 1.165) is 6.07 Å². The van der Waals surface area contributed by atoms with Gasteiger partial charge in [-0.25, -0.2) is 16.8 Å². The maximum absolute atomic E-state index is 11.7. The summed E-state index contributed by atoms with van der Waals surface area (Å²) in [4.78, 5) is 15.0. The zero-order chi connectivity index (χ0) is 24.9. The number of aromatic nitrogens is 3. The molecule has 0 spiro atoms. The monoisotopic (exact) mass is 592 g/mol. The van der Waals surface area contributed by atoms with E-state index in [2.05, 4.69) is 26.6 Å².